The van der Waals surface area contributed by atoms with Gasteiger partial charge >= 0.3 is 0 Å². The van der Waals surface area contributed by atoms with E-state index in [-0.39, 0.29) is 28.9 Å². The van der Waals surface area contributed by atoms with Gasteiger partial charge < -0.3 is 25.2 Å². The maximum atomic E-state index is 10.6. The van der Waals surface area contributed by atoms with Gasteiger partial charge in [0.15, 0.2) is 0 Å². The smallest absolute Gasteiger partial charge is 0.129 e. The monoisotopic (exact) mass is 342 g/mol. The van der Waals surface area contributed by atoms with Gasteiger partial charge in [-0.2, -0.15) is 0 Å². The van der Waals surface area contributed by atoms with Crippen molar-refractivity contribution in [3.63, 3.8) is 0 Å². The molecule has 0 radical (unpaired) electrons. The molecule has 0 bridgehead atoms. The molecule has 2 aromatic carbocycles. The number of phenols is 4. The SMILES string of the molecule is CC(C)=CCc1c(O)cc2c(c1O)CC(c1ccc(O)cc1O)CO2. The molecule has 25 heavy (non-hydrogen) atoms. The van der Waals surface area contributed by atoms with Crippen LogP contribution in [0.5, 0.6) is 28.7 Å². The summed E-state index contributed by atoms with van der Waals surface area (Å²) >= 11 is 0. The van der Waals surface area contributed by atoms with Crippen molar-refractivity contribution >= 4 is 0 Å². The fraction of sp³-hybridized carbons (Fsp3) is 0.300. The van der Waals surface area contributed by atoms with Crippen molar-refractivity contribution in [2.75, 3.05) is 6.61 Å². The van der Waals surface area contributed by atoms with E-state index in [1.54, 1.807) is 6.07 Å². The number of fused-ring (bicyclic) bond motifs is 1. The molecule has 1 aliphatic rings. The third kappa shape index (κ3) is 3.36. The Bertz CT molecular complexity index is 834. The summed E-state index contributed by atoms with van der Waals surface area (Å²) < 4.78 is 5.71. The highest BCUT2D eigenvalue weighted by atomic mass is 16.5. The van der Waals surface area contributed by atoms with Gasteiger partial charge in [-0.3, -0.25) is 0 Å². The minimum atomic E-state index is -0.153. The average Bonchev–Trinajstić information content (AvgIpc) is 2.54. The van der Waals surface area contributed by atoms with E-state index in [4.69, 9.17) is 4.74 Å². The summed E-state index contributed by atoms with van der Waals surface area (Å²) in [5, 5.41) is 40.3. The molecule has 1 heterocycles. The van der Waals surface area contributed by atoms with E-state index in [0.717, 1.165) is 5.57 Å². The summed E-state index contributed by atoms with van der Waals surface area (Å²) in [6.45, 7) is 4.23. The zero-order valence-electron chi connectivity index (χ0n) is 14.3. The van der Waals surface area contributed by atoms with Crippen LogP contribution in [0, 0.1) is 0 Å². The standard InChI is InChI=1S/C20H22O5/c1-11(2)3-5-15-18(23)9-19-16(20(15)24)7-12(10-25-19)14-6-4-13(21)8-17(14)22/h3-4,6,8-9,12,21-24H,5,7,10H2,1-2H3. The molecule has 2 aromatic rings. The number of phenolic OH excluding ortho intramolecular Hbond substituents is 4. The summed E-state index contributed by atoms with van der Waals surface area (Å²) in [4.78, 5) is 0. The molecule has 1 unspecified atom stereocenters. The van der Waals surface area contributed by atoms with E-state index < -0.39 is 0 Å². The molecule has 4 N–H and O–H groups in total. The van der Waals surface area contributed by atoms with Gasteiger partial charge in [0.1, 0.15) is 28.7 Å². The Morgan fingerprint density at radius 2 is 1.88 bits per heavy atom. The van der Waals surface area contributed by atoms with Crippen LogP contribution in [0.25, 0.3) is 0 Å². The van der Waals surface area contributed by atoms with Crippen LogP contribution in [-0.2, 0) is 12.8 Å². The second kappa shape index (κ2) is 6.59. The molecule has 0 amide bonds. The van der Waals surface area contributed by atoms with Crippen LogP contribution in [0.1, 0.15) is 36.5 Å². The number of benzene rings is 2. The van der Waals surface area contributed by atoms with E-state index in [1.165, 1.54) is 18.2 Å². The van der Waals surface area contributed by atoms with E-state index in [9.17, 15) is 20.4 Å². The Morgan fingerprint density at radius 3 is 2.56 bits per heavy atom. The summed E-state index contributed by atoms with van der Waals surface area (Å²) in [5.74, 6) is 0.357. The van der Waals surface area contributed by atoms with E-state index in [2.05, 4.69) is 0 Å². The first-order chi connectivity index (χ1) is 11.9. The zero-order chi connectivity index (χ0) is 18.1. The van der Waals surface area contributed by atoms with Gasteiger partial charge in [0, 0.05) is 34.7 Å². The van der Waals surface area contributed by atoms with Crippen LogP contribution in [0.2, 0.25) is 0 Å². The van der Waals surface area contributed by atoms with Gasteiger partial charge in [0.05, 0.1) is 6.61 Å². The molecular formula is C20H22O5. The molecule has 3 rings (SSSR count). The first kappa shape index (κ1) is 17.0. The molecule has 0 spiro atoms. The highest BCUT2D eigenvalue weighted by Crippen LogP contribution is 2.45. The molecule has 0 aliphatic carbocycles. The van der Waals surface area contributed by atoms with Crippen LogP contribution < -0.4 is 4.74 Å². The lowest BCUT2D eigenvalue weighted by molar-refractivity contribution is 0.253. The lowest BCUT2D eigenvalue weighted by Crippen LogP contribution is -2.19. The molecule has 1 aliphatic heterocycles. The summed E-state index contributed by atoms with van der Waals surface area (Å²) in [6.07, 6.45) is 2.85. The summed E-state index contributed by atoms with van der Waals surface area (Å²) in [5.41, 5.74) is 2.85. The Labute approximate surface area is 146 Å². The molecule has 0 fully saturated rings. The summed E-state index contributed by atoms with van der Waals surface area (Å²) in [6, 6.07) is 6.00. The maximum absolute atomic E-state index is 10.6. The Hall–Kier alpha value is -2.82. The number of hydrogen-bond donors (Lipinski definition) is 4. The lowest BCUT2D eigenvalue weighted by atomic mass is 9.87. The van der Waals surface area contributed by atoms with Crippen LogP contribution >= 0.6 is 0 Å². The van der Waals surface area contributed by atoms with Crippen LogP contribution in [-0.4, -0.2) is 27.0 Å². The van der Waals surface area contributed by atoms with Crippen LogP contribution in [0.3, 0.4) is 0 Å². The molecule has 0 saturated heterocycles. The molecule has 132 valence electrons. The second-order valence-electron chi connectivity index (χ2n) is 6.64. The third-order valence-corrected chi connectivity index (χ3v) is 4.50. The highest BCUT2D eigenvalue weighted by molar-refractivity contribution is 5.58. The summed E-state index contributed by atoms with van der Waals surface area (Å²) in [7, 11) is 0. The van der Waals surface area contributed by atoms with Crippen molar-refractivity contribution < 1.29 is 25.2 Å². The van der Waals surface area contributed by atoms with Crippen molar-refractivity contribution in [1.82, 2.24) is 0 Å². The zero-order valence-corrected chi connectivity index (χ0v) is 14.3. The first-order valence-corrected chi connectivity index (χ1v) is 8.21. The van der Waals surface area contributed by atoms with E-state index in [0.29, 0.717) is 41.9 Å². The molecular weight excluding hydrogens is 320 g/mol. The fourth-order valence-electron chi connectivity index (χ4n) is 3.12. The minimum Gasteiger partial charge on any atom is -0.508 e. The maximum Gasteiger partial charge on any atom is 0.129 e. The number of ether oxygens (including phenoxy) is 1. The number of hydrogen-bond acceptors (Lipinski definition) is 5. The molecule has 1 atom stereocenters. The highest BCUT2D eigenvalue weighted by Gasteiger charge is 2.28. The number of rotatable bonds is 3. The van der Waals surface area contributed by atoms with E-state index in [1.807, 2.05) is 19.9 Å². The number of allylic oxidation sites excluding steroid dienone is 2. The topological polar surface area (TPSA) is 90.2 Å². The van der Waals surface area contributed by atoms with Gasteiger partial charge in [-0.1, -0.05) is 17.7 Å². The van der Waals surface area contributed by atoms with Crippen molar-refractivity contribution in [2.24, 2.45) is 0 Å². The van der Waals surface area contributed by atoms with Gasteiger partial charge in [-0.15, -0.1) is 0 Å². The second-order valence-corrected chi connectivity index (χ2v) is 6.64. The minimum absolute atomic E-state index is 0.0000766. The van der Waals surface area contributed by atoms with Gasteiger partial charge in [-0.25, -0.2) is 0 Å². The Balaban J connectivity index is 1.96. The van der Waals surface area contributed by atoms with Gasteiger partial charge in [0.2, 0.25) is 0 Å². The Morgan fingerprint density at radius 1 is 1.12 bits per heavy atom. The number of aromatic hydroxyl groups is 4. The molecule has 0 aromatic heterocycles. The quantitative estimate of drug-likeness (QED) is 0.638. The first-order valence-electron chi connectivity index (χ1n) is 8.21. The van der Waals surface area contributed by atoms with Crippen molar-refractivity contribution in [2.45, 2.75) is 32.6 Å². The van der Waals surface area contributed by atoms with Crippen molar-refractivity contribution in [3.05, 3.63) is 52.6 Å². The predicted octanol–water partition coefficient (Wildman–Crippen LogP) is 3.74. The lowest BCUT2D eigenvalue weighted by Gasteiger charge is -2.28. The molecule has 5 heteroatoms. The Kier molecular flexibility index (Phi) is 4.49. The predicted molar refractivity (Wildman–Crippen MR) is 94.6 cm³/mol. The van der Waals surface area contributed by atoms with Crippen molar-refractivity contribution in [1.29, 1.82) is 0 Å². The van der Waals surface area contributed by atoms with E-state index >= 15 is 0 Å². The van der Waals surface area contributed by atoms with Crippen molar-refractivity contribution in [3.8, 4) is 28.7 Å². The van der Waals surface area contributed by atoms with Gasteiger partial charge in [-0.05, 0) is 32.8 Å². The van der Waals surface area contributed by atoms with Gasteiger partial charge in [0.25, 0.3) is 0 Å². The molecule has 0 saturated carbocycles. The molecule has 5 nitrogen and oxygen atoms in total. The fourth-order valence-corrected chi connectivity index (χ4v) is 3.12. The largest absolute Gasteiger partial charge is 0.508 e. The average molecular weight is 342 g/mol. The normalized spacial score (nSPS) is 16.0. The van der Waals surface area contributed by atoms with Crippen LogP contribution in [0.15, 0.2) is 35.9 Å². The van der Waals surface area contributed by atoms with Crippen LogP contribution in [0.4, 0.5) is 0 Å². The third-order valence-electron chi connectivity index (χ3n) is 4.50.